The quantitative estimate of drug-likeness (QED) is 0.750. The van der Waals surface area contributed by atoms with Gasteiger partial charge >= 0.3 is 6.18 Å². The summed E-state index contributed by atoms with van der Waals surface area (Å²) in [5.41, 5.74) is -0.0463. The van der Waals surface area contributed by atoms with Crippen molar-refractivity contribution in [3.63, 3.8) is 0 Å². The Hall–Kier alpha value is -2.05. The van der Waals surface area contributed by atoms with Crippen molar-refractivity contribution < 1.29 is 18.0 Å². The minimum atomic E-state index is -4.54. The Balaban J connectivity index is 1.67. The van der Waals surface area contributed by atoms with E-state index in [9.17, 15) is 18.0 Å². The zero-order valence-electron chi connectivity index (χ0n) is 14.7. The summed E-state index contributed by atoms with van der Waals surface area (Å²) >= 11 is 5.90. The van der Waals surface area contributed by atoms with Crippen LogP contribution in [0.4, 0.5) is 13.2 Å². The van der Waals surface area contributed by atoms with E-state index in [-0.39, 0.29) is 5.56 Å². The van der Waals surface area contributed by atoms with Gasteiger partial charge in [0.2, 0.25) is 0 Å². The van der Waals surface area contributed by atoms with E-state index in [1.165, 1.54) is 23.1 Å². The molecular weight excluding hydrogens is 377 g/mol. The standard InChI is InChI=1S/C20H20ClF3N2O/c21-16-8-6-15(7-9-16)14-25-10-3-11-26(13-12-25)19(27)17-4-1-2-5-18(17)20(22,23)24/h1-2,4-9H,3,10-14H2. The third-order valence-corrected chi connectivity index (χ3v) is 4.91. The van der Waals surface area contributed by atoms with Gasteiger partial charge in [-0.05, 0) is 36.2 Å². The number of halogens is 4. The van der Waals surface area contributed by atoms with Crippen LogP contribution in [0.25, 0.3) is 0 Å². The van der Waals surface area contributed by atoms with Gasteiger partial charge in [-0.15, -0.1) is 0 Å². The first-order valence-corrected chi connectivity index (χ1v) is 9.15. The lowest BCUT2D eigenvalue weighted by molar-refractivity contribution is -0.138. The fraction of sp³-hybridized carbons (Fsp3) is 0.350. The molecule has 1 amide bonds. The Labute approximate surface area is 161 Å². The lowest BCUT2D eigenvalue weighted by Crippen LogP contribution is -2.36. The van der Waals surface area contributed by atoms with E-state index < -0.39 is 17.6 Å². The van der Waals surface area contributed by atoms with Crippen LogP contribution in [0.5, 0.6) is 0 Å². The molecule has 3 nitrogen and oxygen atoms in total. The Morgan fingerprint density at radius 1 is 0.963 bits per heavy atom. The molecule has 3 rings (SSSR count). The lowest BCUT2D eigenvalue weighted by Gasteiger charge is -2.23. The highest BCUT2D eigenvalue weighted by molar-refractivity contribution is 6.30. The predicted octanol–water partition coefficient (Wildman–Crippen LogP) is 4.71. The van der Waals surface area contributed by atoms with Gasteiger partial charge in [0, 0.05) is 37.7 Å². The van der Waals surface area contributed by atoms with Gasteiger partial charge in [0.15, 0.2) is 0 Å². The SMILES string of the molecule is O=C(c1ccccc1C(F)(F)F)N1CCCN(Cc2ccc(Cl)cc2)CC1. The van der Waals surface area contributed by atoms with Crippen LogP contribution in [0, 0.1) is 0 Å². The third kappa shape index (κ3) is 5.02. The van der Waals surface area contributed by atoms with Crippen LogP contribution in [-0.2, 0) is 12.7 Å². The molecule has 1 heterocycles. The molecule has 0 N–H and O–H groups in total. The van der Waals surface area contributed by atoms with Crippen LogP contribution in [0.2, 0.25) is 5.02 Å². The van der Waals surface area contributed by atoms with Crippen molar-refractivity contribution in [2.24, 2.45) is 0 Å². The molecule has 0 unspecified atom stereocenters. The number of rotatable bonds is 3. The molecule has 0 spiro atoms. The van der Waals surface area contributed by atoms with E-state index in [1.807, 2.05) is 24.3 Å². The van der Waals surface area contributed by atoms with Crippen LogP contribution in [0.1, 0.15) is 27.9 Å². The second kappa shape index (κ2) is 8.31. The normalized spacial score (nSPS) is 16.2. The van der Waals surface area contributed by atoms with Crippen LogP contribution >= 0.6 is 11.6 Å². The Bertz CT molecular complexity index is 793. The van der Waals surface area contributed by atoms with Crippen LogP contribution in [0.15, 0.2) is 48.5 Å². The van der Waals surface area contributed by atoms with Crippen molar-refractivity contribution in [2.75, 3.05) is 26.2 Å². The molecule has 0 radical (unpaired) electrons. The molecule has 1 aliphatic heterocycles. The van der Waals surface area contributed by atoms with Crippen molar-refractivity contribution >= 4 is 17.5 Å². The third-order valence-electron chi connectivity index (χ3n) is 4.66. The highest BCUT2D eigenvalue weighted by Gasteiger charge is 2.36. The number of alkyl halides is 3. The van der Waals surface area contributed by atoms with Crippen molar-refractivity contribution in [3.05, 3.63) is 70.2 Å². The predicted molar refractivity (Wildman–Crippen MR) is 98.7 cm³/mol. The largest absolute Gasteiger partial charge is 0.417 e. The number of carbonyl (C=O) groups is 1. The topological polar surface area (TPSA) is 23.6 Å². The van der Waals surface area contributed by atoms with Crippen molar-refractivity contribution in [2.45, 2.75) is 19.1 Å². The van der Waals surface area contributed by atoms with Crippen LogP contribution in [0.3, 0.4) is 0 Å². The molecule has 144 valence electrons. The first kappa shape index (κ1) is 19.7. The van der Waals surface area contributed by atoms with Crippen molar-refractivity contribution in [1.82, 2.24) is 9.80 Å². The molecule has 0 aromatic heterocycles. The second-order valence-corrected chi connectivity index (χ2v) is 7.03. The highest BCUT2D eigenvalue weighted by atomic mass is 35.5. The fourth-order valence-corrected chi connectivity index (χ4v) is 3.39. The maximum Gasteiger partial charge on any atom is 0.417 e. The molecule has 0 saturated carbocycles. The maximum absolute atomic E-state index is 13.2. The van der Waals surface area contributed by atoms with E-state index in [2.05, 4.69) is 4.90 Å². The van der Waals surface area contributed by atoms with Gasteiger partial charge in [0.25, 0.3) is 5.91 Å². The number of benzene rings is 2. The van der Waals surface area contributed by atoms with E-state index in [4.69, 9.17) is 11.6 Å². The molecule has 1 saturated heterocycles. The minimum absolute atomic E-state index is 0.281. The molecule has 27 heavy (non-hydrogen) atoms. The summed E-state index contributed by atoms with van der Waals surface area (Å²) in [6, 6.07) is 12.5. The Kier molecular flexibility index (Phi) is 6.07. The minimum Gasteiger partial charge on any atom is -0.337 e. The maximum atomic E-state index is 13.2. The average molecular weight is 397 g/mol. The van der Waals surface area contributed by atoms with Crippen LogP contribution in [-0.4, -0.2) is 41.9 Å². The molecule has 1 aliphatic rings. The molecule has 1 fully saturated rings. The van der Waals surface area contributed by atoms with Crippen molar-refractivity contribution in [1.29, 1.82) is 0 Å². The summed E-state index contributed by atoms with van der Waals surface area (Å²) in [6.07, 6.45) is -3.83. The fourth-order valence-electron chi connectivity index (χ4n) is 3.27. The van der Waals surface area contributed by atoms with E-state index >= 15 is 0 Å². The number of hydrogen-bond donors (Lipinski definition) is 0. The molecule has 7 heteroatoms. The Morgan fingerprint density at radius 2 is 1.67 bits per heavy atom. The number of carbonyl (C=O) groups excluding carboxylic acids is 1. The second-order valence-electron chi connectivity index (χ2n) is 6.59. The van der Waals surface area contributed by atoms with Gasteiger partial charge in [-0.2, -0.15) is 13.2 Å². The van der Waals surface area contributed by atoms with Crippen LogP contribution < -0.4 is 0 Å². The molecule has 0 bridgehead atoms. The summed E-state index contributed by atoms with van der Waals surface area (Å²) in [6.45, 7) is 2.97. The van der Waals surface area contributed by atoms with E-state index in [1.54, 1.807) is 0 Å². The zero-order valence-corrected chi connectivity index (χ0v) is 15.4. The summed E-state index contributed by atoms with van der Waals surface area (Å²) in [7, 11) is 0. The van der Waals surface area contributed by atoms with Gasteiger partial charge < -0.3 is 4.90 Å². The molecule has 0 atom stereocenters. The Morgan fingerprint density at radius 3 is 2.37 bits per heavy atom. The van der Waals surface area contributed by atoms with Crippen molar-refractivity contribution in [3.8, 4) is 0 Å². The smallest absolute Gasteiger partial charge is 0.337 e. The van der Waals surface area contributed by atoms with Gasteiger partial charge in [-0.25, -0.2) is 0 Å². The van der Waals surface area contributed by atoms with E-state index in [0.717, 1.165) is 24.7 Å². The first-order valence-electron chi connectivity index (χ1n) is 8.77. The van der Waals surface area contributed by atoms with Gasteiger partial charge in [-0.1, -0.05) is 35.9 Å². The summed E-state index contributed by atoms with van der Waals surface area (Å²) in [4.78, 5) is 16.4. The first-order chi connectivity index (χ1) is 12.8. The number of nitrogens with zero attached hydrogens (tertiary/aromatic N) is 2. The van der Waals surface area contributed by atoms with Gasteiger partial charge in [-0.3, -0.25) is 9.69 Å². The molecule has 2 aromatic carbocycles. The summed E-state index contributed by atoms with van der Waals surface area (Å²) in [5, 5.41) is 0.676. The number of amides is 1. The monoisotopic (exact) mass is 396 g/mol. The highest BCUT2D eigenvalue weighted by Crippen LogP contribution is 2.32. The summed E-state index contributed by atoms with van der Waals surface area (Å²) in [5.74, 6) is -0.559. The van der Waals surface area contributed by atoms with E-state index in [0.29, 0.717) is 31.1 Å². The lowest BCUT2D eigenvalue weighted by atomic mass is 10.1. The van der Waals surface area contributed by atoms with Gasteiger partial charge in [0.1, 0.15) is 0 Å². The molecular formula is C20H20ClF3N2O. The van der Waals surface area contributed by atoms with Gasteiger partial charge in [0.05, 0.1) is 11.1 Å². The average Bonchev–Trinajstić information content (AvgIpc) is 2.88. The zero-order chi connectivity index (χ0) is 19.4. The molecule has 2 aromatic rings. The summed E-state index contributed by atoms with van der Waals surface area (Å²) < 4.78 is 39.6. The number of hydrogen-bond acceptors (Lipinski definition) is 2. The molecule has 0 aliphatic carbocycles.